The molecule has 1 aliphatic heterocycles. The minimum Gasteiger partial charge on any atom is -0.493 e. The van der Waals surface area contributed by atoms with Crippen molar-refractivity contribution in [3.05, 3.63) is 28.7 Å². The predicted molar refractivity (Wildman–Crippen MR) is 80.0 cm³/mol. The molecule has 6 nitrogen and oxygen atoms in total. The van der Waals surface area contributed by atoms with E-state index in [0.717, 1.165) is 17.3 Å². The van der Waals surface area contributed by atoms with Crippen molar-refractivity contribution in [2.24, 2.45) is 0 Å². The normalized spacial score (nSPS) is 16.7. The summed E-state index contributed by atoms with van der Waals surface area (Å²) in [5.41, 5.74) is 4.43. The number of carbonyl (C=O) groups is 2. The zero-order valence-electron chi connectivity index (χ0n) is 11.9. The van der Waals surface area contributed by atoms with Gasteiger partial charge in [0.2, 0.25) is 0 Å². The van der Waals surface area contributed by atoms with Gasteiger partial charge in [0.25, 0.3) is 11.1 Å². The third-order valence-corrected chi connectivity index (χ3v) is 3.87. The molecule has 0 bridgehead atoms. The van der Waals surface area contributed by atoms with E-state index in [2.05, 4.69) is 5.73 Å². The summed E-state index contributed by atoms with van der Waals surface area (Å²) in [5.74, 6) is 0.909. The number of quaternary nitrogens is 1. The number of rotatable bonds is 5. The van der Waals surface area contributed by atoms with Crippen molar-refractivity contribution < 1.29 is 24.8 Å². The average Bonchev–Trinajstić information content (AvgIpc) is 2.75. The van der Waals surface area contributed by atoms with Gasteiger partial charge in [-0.3, -0.25) is 14.5 Å². The molecule has 0 unspecified atom stereocenters. The summed E-state index contributed by atoms with van der Waals surface area (Å²) >= 11 is 0.939. The van der Waals surface area contributed by atoms with Crippen molar-refractivity contribution in [2.75, 3.05) is 27.3 Å². The van der Waals surface area contributed by atoms with Gasteiger partial charge >= 0.3 is 0 Å². The number of hydrogen-bond donors (Lipinski definition) is 1. The van der Waals surface area contributed by atoms with Crippen molar-refractivity contribution in [1.82, 2.24) is 4.90 Å². The van der Waals surface area contributed by atoms with Crippen molar-refractivity contribution in [1.29, 1.82) is 0 Å². The second-order valence-electron chi connectivity index (χ2n) is 4.30. The molecule has 1 aromatic rings. The zero-order valence-corrected chi connectivity index (χ0v) is 12.7. The molecule has 1 fully saturated rings. The standard InChI is InChI=1S/C14H16N2O4S/c1-19-10-4-3-9(7-11(10)20-2)8-12-13(17)16(6-5-15)14(18)21-12/h3-4,7-8H,5-6,15H2,1-2H3/p+1. The van der Waals surface area contributed by atoms with Crippen LogP contribution in [0.15, 0.2) is 23.1 Å². The second kappa shape index (κ2) is 6.64. The molecule has 3 N–H and O–H groups in total. The first-order valence-electron chi connectivity index (χ1n) is 6.37. The number of ether oxygens (including phenoxy) is 2. The maximum absolute atomic E-state index is 12.1. The van der Waals surface area contributed by atoms with E-state index in [9.17, 15) is 9.59 Å². The topological polar surface area (TPSA) is 83.5 Å². The summed E-state index contributed by atoms with van der Waals surface area (Å²) in [6, 6.07) is 5.32. The first kappa shape index (κ1) is 15.4. The van der Waals surface area contributed by atoms with Crippen LogP contribution in [-0.2, 0) is 4.79 Å². The quantitative estimate of drug-likeness (QED) is 0.820. The number of imide groups is 1. The van der Waals surface area contributed by atoms with Crippen LogP contribution in [0.4, 0.5) is 4.79 Å². The van der Waals surface area contributed by atoms with Gasteiger partial charge in [-0.2, -0.15) is 0 Å². The smallest absolute Gasteiger partial charge is 0.293 e. The number of benzene rings is 1. The van der Waals surface area contributed by atoms with Crippen LogP contribution in [0.3, 0.4) is 0 Å². The van der Waals surface area contributed by atoms with Crippen LogP contribution in [0.5, 0.6) is 11.5 Å². The van der Waals surface area contributed by atoms with Crippen molar-refractivity contribution in [3.8, 4) is 11.5 Å². The van der Waals surface area contributed by atoms with Gasteiger partial charge in [-0.25, -0.2) is 0 Å². The predicted octanol–water partition coefficient (Wildman–Crippen LogP) is 0.982. The molecule has 0 aliphatic carbocycles. The molecule has 0 atom stereocenters. The van der Waals surface area contributed by atoms with Gasteiger partial charge < -0.3 is 15.2 Å². The van der Waals surface area contributed by atoms with Crippen molar-refractivity contribution in [2.45, 2.75) is 0 Å². The summed E-state index contributed by atoms with van der Waals surface area (Å²) in [5, 5.41) is -0.254. The second-order valence-corrected chi connectivity index (χ2v) is 5.29. The Labute approximate surface area is 126 Å². The minimum atomic E-state index is -0.275. The van der Waals surface area contributed by atoms with Crippen LogP contribution >= 0.6 is 11.8 Å². The van der Waals surface area contributed by atoms with Crippen LogP contribution in [0, 0.1) is 0 Å². The van der Waals surface area contributed by atoms with Gasteiger partial charge in [0, 0.05) is 0 Å². The molecule has 1 aliphatic rings. The Morgan fingerprint density at radius 1 is 1.24 bits per heavy atom. The number of hydrogen-bond acceptors (Lipinski definition) is 5. The average molecular weight is 309 g/mol. The number of carbonyl (C=O) groups excluding carboxylic acids is 2. The largest absolute Gasteiger partial charge is 0.493 e. The Morgan fingerprint density at radius 2 is 1.95 bits per heavy atom. The maximum Gasteiger partial charge on any atom is 0.293 e. The highest BCUT2D eigenvalue weighted by atomic mass is 32.2. The van der Waals surface area contributed by atoms with Gasteiger partial charge in [0.1, 0.15) is 0 Å². The summed E-state index contributed by atoms with van der Waals surface area (Å²) in [4.78, 5) is 25.5. The van der Waals surface area contributed by atoms with Gasteiger partial charge in [0.05, 0.1) is 32.2 Å². The van der Waals surface area contributed by atoms with E-state index in [0.29, 0.717) is 29.5 Å². The van der Waals surface area contributed by atoms with Crippen molar-refractivity contribution >= 4 is 29.0 Å². The van der Waals surface area contributed by atoms with E-state index >= 15 is 0 Å². The van der Waals surface area contributed by atoms with Crippen LogP contribution < -0.4 is 15.2 Å². The van der Waals surface area contributed by atoms with Gasteiger partial charge in [-0.15, -0.1) is 0 Å². The highest BCUT2D eigenvalue weighted by Gasteiger charge is 2.34. The summed E-state index contributed by atoms with van der Waals surface area (Å²) in [6.45, 7) is 0.843. The molecule has 112 valence electrons. The van der Waals surface area contributed by atoms with Crippen LogP contribution in [0.25, 0.3) is 6.08 Å². The highest BCUT2D eigenvalue weighted by molar-refractivity contribution is 8.18. The lowest BCUT2D eigenvalue weighted by atomic mass is 10.2. The van der Waals surface area contributed by atoms with Gasteiger partial charge in [0.15, 0.2) is 11.5 Å². The van der Waals surface area contributed by atoms with E-state index in [4.69, 9.17) is 9.47 Å². The fourth-order valence-corrected chi connectivity index (χ4v) is 2.81. The first-order valence-corrected chi connectivity index (χ1v) is 7.19. The highest BCUT2D eigenvalue weighted by Crippen LogP contribution is 2.34. The molecule has 0 saturated carbocycles. The number of methoxy groups -OCH3 is 2. The van der Waals surface area contributed by atoms with E-state index in [1.807, 2.05) is 0 Å². The van der Waals surface area contributed by atoms with Crippen LogP contribution in [-0.4, -0.2) is 43.4 Å². The van der Waals surface area contributed by atoms with E-state index in [1.165, 1.54) is 4.90 Å². The fourth-order valence-electron chi connectivity index (χ4n) is 1.94. The van der Waals surface area contributed by atoms with Crippen molar-refractivity contribution in [3.63, 3.8) is 0 Å². The van der Waals surface area contributed by atoms with E-state index in [1.54, 1.807) is 38.5 Å². The Hall–Kier alpha value is -1.99. The molecule has 7 heteroatoms. The molecule has 21 heavy (non-hydrogen) atoms. The zero-order chi connectivity index (χ0) is 15.4. The SMILES string of the molecule is COc1ccc(C=C2SC(=O)N(CC[NH3+])C2=O)cc1OC. The Kier molecular flexibility index (Phi) is 4.87. The van der Waals surface area contributed by atoms with Gasteiger partial charge in [-0.05, 0) is 35.5 Å². The third-order valence-electron chi connectivity index (χ3n) is 2.96. The van der Waals surface area contributed by atoms with Gasteiger partial charge in [-0.1, -0.05) is 6.07 Å². The molecular weight excluding hydrogens is 292 g/mol. The lowest BCUT2D eigenvalue weighted by molar-refractivity contribution is -0.367. The minimum absolute atomic E-state index is 0.254. The fraction of sp³-hybridized carbons (Fsp3) is 0.286. The van der Waals surface area contributed by atoms with Crippen LogP contribution in [0.1, 0.15) is 5.56 Å². The molecule has 1 saturated heterocycles. The molecule has 2 rings (SSSR count). The Balaban J connectivity index is 2.28. The maximum atomic E-state index is 12.1. The monoisotopic (exact) mass is 309 g/mol. The number of nitrogens with zero attached hydrogens (tertiary/aromatic N) is 1. The lowest BCUT2D eigenvalue weighted by Gasteiger charge is -2.09. The molecule has 2 amide bonds. The summed E-state index contributed by atoms with van der Waals surface area (Å²) in [7, 11) is 3.10. The molecule has 0 aromatic heterocycles. The summed E-state index contributed by atoms with van der Waals surface area (Å²) in [6.07, 6.45) is 1.68. The lowest BCUT2D eigenvalue weighted by Crippen LogP contribution is -2.55. The molecule has 0 radical (unpaired) electrons. The third kappa shape index (κ3) is 3.20. The summed E-state index contributed by atoms with van der Waals surface area (Å²) < 4.78 is 10.4. The molecule has 1 heterocycles. The molecular formula is C14H17N2O4S+. The Morgan fingerprint density at radius 3 is 2.57 bits per heavy atom. The number of amides is 2. The number of thioether (sulfide) groups is 1. The first-order chi connectivity index (χ1) is 10.1. The van der Waals surface area contributed by atoms with E-state index in [-0.39, 0.29) is 11.1 Å². The van der Waals surface area contributed by atoms with E-state index < -0.39 is 0 Å². The Bertz CT molecular complexity index is 601. The van der Waals surface area contributed by atoms with Crippen LogP contribution in [0.2, 0.25) is 0 Å². The molecule has 1 aromatic carbocycles. The molecule has 0 spiro atoms.